The van der Waals surface area contributed by atoms with Crippen LogP contribution in [0.4, 0.5) is 17.1 Å². The Morgan fingerprint density at radius 3 is 2.23 bits per heavy atom. The van der Waals surface area contributed by atoms with Gasteiger partial charge in [-0.05, 0) is 35.9 Å². The van der Waals surface area contributed by atoms with Gasteiger partial charge in [0.2, 0.25) is 11.8 Å². The van der Waals surface area contributed by atoms with E-state index in [4.69, 9.17) is 0 Å². The van der Waals surface area contributed by atoms with Gasteiger partial charge < -0.3 is 10.6 Å². The minimum atomic E-state index is -0.561. The van der Waals surface area contributed by atoms with Gasteiger partial charge in [-0.25, -0.2) is 0 Å². The van der Waals surface area contributed by atoms with Crippen molar-refractivity contribution in [2.75, 3.05) is 10.6 Å². The van der Waals surface area contributed by atoms with Crippen LogP contribution in [0.1, 0.15) is 17.7 Å². The molecule has 0 spiro atoms. The fourth-order valence-electron chi connectivity index (χ4n) is 2.76. The largest absolute Gasteiger partial charge is 0.326 e. The minimum Gasteiger partial charge on any atom is -0.326 e. The van der Waals surface area contributed by atoms with E-state index >= 15 is 0 Å². The van der Waals surface area contributed by atoms with Crippen molar-refractivity contribution in [3.05, 3.63) is 94.5 Å². The Morgan fingerprint density at radius 1 is 0.900 bits per heavy atom. The first-order chi connectivity index (χ1) is 14.4. The highest BCUT2D eigenvalue weighted by molar-refractivity contribution is 8.00. The first kappa shape index (κ1) is 21.1. The summed E-state index contributed by atoms with van der Waals surface area (Å²) >= 11 is 1.35. The second-order valence-corrected chi connectivity index (χ2v) is 7.59. The molecule has 0 saturated carbocycles. The van der Waals surface area contributed by atoms with E-state index in [9.17, 15) is 19.7 Å². The minimum absolute atomic E-state index is 0.0447. The number of carbonyl (C=O) groups excluding carboxylic acids is 2. The third kappa shape index (κ3) is 5.68. The molecule has 3 aromatic rings. The van der Waals surface area contributed by atoms with Gasteiger partial charge in [0.1, 0.15) is 5.25 Å². The molecule has 8 heteroatoms. The third-order valence-electron chi connectivity index (χ3n) is 4.09. The van der Waals surface area contributed by atoms with Crippen LogP contribution >= 0.6 is 11.8 Å². The molecule has 1 unspecified atom stereocenters. The average Bonchev–Trinajstić information content (AvgIpc) is 2.73. The summed E-state index contributed by atoms with van der Waals surface area (Å²) in [5.74, 6) is -0.433. The number of nitro groups is 1. The van der Waals surface area contributed by atoms with Gasteiger partial charge in [-0.3, -0.25) is 19.7 Å². The van der Waals surface area contributed by atoms with Crippen LogP contribution < -0.4 is 10.6 Å². The van der Waals surface area contributed by atoms with Gasteiger partial charge in [0, 0.05) is 35.3 Å². The quantitative estimate of drug-likeness (QED) is 0.317. The van der Waals surface area contributed by atoms with Crippen molar-refractivity contribution in [2.45, 2.75) is 17.1 Å². The lowest BCUT2D eigenvalue weighted by Gasteiger charge is -2.17. The first-order valence-corrected chi connectivity index (χ1v) is 9.95. The average molecular weight is 421 g/mol. The Balaban J connectivity index is 1.83. The smallest absolute Gasteiger partial charge is 0.269 e. The van der Waals surface area contributed by atoms with Crippen LogP contribution in [-0.4, -0.2) is 16.7 Å². The van der Waals surface area contributed by atoms with Crippen LogP contribution in [0.5, 0.6) is 0 Å². The zero-order valence-corrected chi connectivity index (χ0v) is 16.9. The number of carbonyl (C=O) groups is 2. The molecule has 2 amide bonds. The molecule has 0 aromatic heterocycles. The second-order valence-electron chi connectivity index (χ2n) is 6.41. The van der Waals surface area contributed by atoms with E-state index in [1.165, 1.54) is 43.0 Å². The molecule has 1 atom stereocenters. The van der Waals surface area contributed by atoms with Crippen molar-refractivity contribution < 1.29 is 14.5 Å². The van der Waals surface area contributed by atoms with Crippen molar-refractivity contribution in [1.29, 1.82) is 0 Å². The Labute approximate surface area is 177 Å². The van der Waals surface area contributed by atoms with E-state index in [0.29, 0.717) is 11.4 Å². The Bertz CT molecular complexity index is 1060. The number of amides is 2. The Morgan fingerprint density at radius 2 is 1.60 bits per heavy atom. The lowest BCUT2D eigenvalue weighted by Crippen LogP contribution is -2.19. The van der Waals surface area contributed by atoms with Crippen molar-refractivity contribution >= 4 is 40.6 Å². The normalized spacial score (nSPS) is 11.4. The zero-order valence-electron chi connectivity index (χ0n) is 16.1. The summed E-state index contributed by atoms with van der Waals surface area (Å²) < 4.78 is 0. The summed E-state index contributed by atoms with van der Waals surface area (Å²) in [6.07, 6.45) is 0. The van der Waals surface area contributed by atoms with Crippen LogP contribution in [-0.2, 0) is 9.59 Å². The van der Waals surface area contributed by atoms with Crippen LogP contribution in [0.25, 0.3) is 0 Å². The van der Waals surface area contributed by atoms with Crippen molar-refractivity contribution in [3.8, 4) is 0 Å². The first-order valence-electron chi connectivity index (χ1n) is 9.07. The maximum absolute atomic E-state index is 13.1. The van der Waals surface area contributed by atoms with Gasteiger partial charge in [0.25, 0.3) is 5.69 Å². The summed E-state index contributed by atoms with van der Waals surface area (Å²) in [4.78, 5) is 35.5. The van der Waals surface area contributed by atoms with Gasteiger partial charge in [-0.2, -0.15) is 0 Å². The monoisotopic (exact) mass is 421 g/mol. The number of nitrogens with zero attached hydrogens (tertiary/aromatic N) is 1. The van der Waals surface area contributed by atoms with E-state index in [-0.39, 0.29) is 17.5 Å². The molecule has 0 bridgehead atoms. The number of benzene rings is 3. The van der Waals surface area contributed by atoms with Crippen molar-refractivity contribution in [1.82, 2.24) is 0 Å². The molecule has 0 aliphatic rings. The van der Waals surface area contributed by atoms with E-state index < -0.39 is 10.2 Å². The summed E-state index contributed by atoms with van der Waals surface area (Å²) in [7, 11) is 0. The lowest BCUT2D eigenvalue weighted by molar-refractivity contribution is -0.384. The summed E-state index contributed by atoms with van der Waals surface area (Å²) in [5.41, 5.74) is 1.89. The molecule has 0 aliphatic carbocycles. The highest BCUT2D eigenvalue weighted by atomic mass is 32.2. The third-order valence-corrected chi connectivity index (χ3v) is 5.34. The van der Waals surface area contributed by atoms with Crippen molar-refractivity contribution in [2.24, 2.45) is 0 Å². The Kier molecular flexibility index (Phi) is 6.82. The predicted molar refractivity (Wildman–Crippen MR) is 118 cm³/mol. The van der Waals surface area contributed by atoms with Crippen LogP contribution in [0.15, 0.2) is 83.8 Å². The maximum atomic E-state index is 13.1. The number of anilines is 2. The molecule has 3 rings (SSSR count). The van der Waals surface area contributed by atoms with Crippen molar-refractivity contribution in [3.63, 3.8) is 0 Å². The zero-order chi connectivity index (χ0) is 21.5. The molecule has 0 fully saturated rings. The van der Waals surface area contributed by atoms with Crippen LogP contribution in [0.3, 0.4) is 0 Å². The number of nitro benzene ring substituents is 1. The SMILES string of the molecule is CC(=O)Nc1cccc(SC(C(=O)Nc2ccc([N+](=O)[O-])cc2)c2ccccc2)c1. The van der Waals surface area contributed by atoms with Gasteiger partial charge in [0.15, 0.2) is 0 Å². The van der Waals surface area contributed by atoms with Gasteiger partial charge in [-0.15, -0.1) is 11.8 Å². The molecule has 152 valence electrons. The standard InChI is InChI=1S/C22H19N3O4S/c1-15(26)23-18-8-5-9-20(14-18)30-21(16-6-3-2-4-7-16)22(27)24-17-10-12-19(13-11-17)25(28)29/h2-14,21H,1H3,(H,23,26)(H,24,27). The second kappa shape index (κ2) is 9.71. The maximum Gasteiger partial charge on any atom is 0.269 e. The van der Waals surface area contributed by atoms with E-state index in [1.54, 1.807) is 12.1 Å². The molecule has 30 heavy (non-hydrogen) atoms. The van der Waals surface area contributed by atoms with Gasteiger partial charge in [-0.1, -0.05) is 36.4 Å². The molecular formula is C22H19N3O4S. The molecule has 0 saturated heterocycles. The number of non-ortho nitro benzene ring substituents is 1. The summed E-state index contributed by atoms with van der Waals surface area (Å²) in [6, 6.07) is 22.3. The van der Waals surface area contributed by atoms with Crippen LogP contribution in [0, 0.1) is 10.1 Å². The van der Waals surface area contributed by atoms with Crippen LogP contribution in [0.2, 0.25) is 0 Å². The number of nitrogens with one attached hydrogen (secondary N) is 2. The van der Waals surface area contributed by atoms with E-state index in [2.05, 4.69) is 10.6 Å². The molecule has 2 N–H and O–H groups in total. The Hall–Kier alpha value is -3.65. The predicted octanol–water partition coefficient (Wildman–Crippen LogP) is 5.03. The molecule has 3 aromatic carbocycles. The lowest BCUT2D eigenvalue weighted by atomic mass is 10.1. The highest BCUT2D eigenvalue weighted by Crippen LogP contribution is 2.37. The fraction of sp³-hybridized carbons (Fsp3) is 0.0909. The molecule has 0 radical (unpaired) electrons. The number of thioether (sulfide) groups is 1. The summed E-state index contributed by atoms with van der Waals surface area (Å²) in [5, 5.41) is 15.8. The summed E-state index contributed by atoms with van der Waals surface area (Å²) in [6.45, 7) is 1.43. The van der Waals surface area contributed by atoms with E-state index in [1.807, 2.05) is 42.5 Å². The molecule has 0 aliphatic heterocycles. The van der Waals surface area contributed by atoms with Gasteiger partial charge >= 0.3 is 0 Å². The molecule has 7 nitrogen and oxygen atoms in total. The number of rotatable bonds is 7. The fourth-order valence-corrected chi connectivity index (χ4v) is 3.85. The number of hydrogen-bond acceptors (Lipinski definition) is 5. The highest BCUT2D eigenvalue weighted by Gasteiger charge is 2.22. The van der Waals surface area contributed by atoms with E-state index in [0.717, 1.165) is 10.5 Å². The number of hydrogen-bond donors (Lipinski definition) is 2. The topological polar surface area (TPSA) is 101 Å². The van der Waals surface area contributed by atoms with Gasteiger partial charge in [0.05, 0.1) is 4.92 Å². The molecular weight excluding hydrogens is 402 g/mol. The molecule has 0 heterocycles.